The van der Waals surface area contributed by atoms with Crippen molar-refractivity contribution in [3.63, 3.8) is 0 Å². The topological polar surface area (TPSA) is 25.2 Å². The Balaban J connectivity index is 2.16. The Labute approximate surface area is 122 Å². The number of furan rings is 1. The Morgan fingerprint density at radius 3 is 2.78 bits per heavy atom. The van der Waals surface area contributed by atoms with Crippen LogP contribution in [0.2, 0.25) is 0 Å². The maximum atomic E-state index is 5.16. The Morgan fingerprint density at radius 2 is 2.11 bits per heavy atom. The van der Waals surface area contributed by atoms with E-state index in [1.54, 1.807) is 6.26 Å². The first-order chi connectivity index (χ1) is 8.81. The van der Waals surface area contributed by atoms with Crippen molar-refractivity contribution in [3.8, 4) is 0 Å². The summed E-state index contributed by atoms with van der Waals surface area (Å²) in [5.74, 6) is 0. The van der Waals surface area contributed by atoms with Crippen molar-refractivity contribution in [3.05, 3.63) is 57.6 Å². The van der Waals surface area contributed by atoms with E-state index in [2.05, 4.69) is 59.1 Å². The van der Waals surface area contributed by atoms with Crippen LogP contribution in [0.15, 0.2) is 47.3 Å². The minimum atomic E-state index is 0.357. The van der Waals surface area contributed by atoms with Crippen LogP contribution in [0.3, 0.4) is 0 Å². The maximum Gasteiger partial charge on any atom is 0.0935 e. The average Bonchev–Trinajstić information content (AvgIpc) is 2.88. The highest BCUT2D eigenvalue weighted by atomic mass is 127. The highest BCUT2D eigenvalue weighted by molar-refractivity contribution is 14.1. The molecule has 0 bridgehead atoms. The van der Waals surface area contributed by atoms with Gasteiger partial charge in [-0.25, -0.2) is 0 Å². The lowest BCUT2D eigenvalue weighted by atomic mass is 10.0. The van der Waals surface area contributed by atoms with E-state index in [1.807, 2.05) is 12.3 Å². The van der Waals surface area contributed by atoms with Crippen molar-refractivity contribution in [2.24, 2.45) is 0 Å². The van der Waals surface area contributed by atoms with Gasteiger partial charge < -0.3 is 9.73 Å². The number of nitrogens with one attached hydrogen (secondary N) is 1. The molecule has 1 N–H and O–H groups in total. The summed E-state index contributed by atoms with van der Waals surface area (Å²) in [4.78, 5) is 0. The number of rotatable bonds is 6. The van der Waals surface area contributed by atoms with E-state index in [9.17, 15) is 0 Å². The van der Waals surface area contributed by atoms with Crippen LogP contribution in [0.5, 0.6) is 0 Å². The molecule has 1 aromatic carbocycles. The molecule has 1 atom stereocenters. The molecule has 0 spiro atoms. The number of hydrogen-bond donors (Lipinski definition) is 1. The first kappa shape index (κ1) is 13.6. The summed E-state index contributed by atoms with van der Waals surface area (Å²) in [5, 5.41) is 3.62. The zero-order chi connectivity index (χ0) is 12.8. The molecule has 0 aliphatic carbocycles. The van der Waals surface area contributed by atoms with Gasteiger partial charge in [0.1, 0.15) is 0 Å². The molecule has 2 aromatic rings. The van der Waals surface area contributed by atoms with Crippen LogP contribution in [-0.4, -0.2) is 6.54 Å². The fourth-order valence-corrected chi connectivity index (χ4v) is 2.78. The molecule has 0 aliphatic heterocycles. The molecule has 1 aromatic heterocycles. The van der Waals surface area contributed by atoms with Crippen molar-refractivity contribution < 1.29 is 4.42 Å². The van der Waals surface area contributed by atoms with E-state index in [0.717, 1.165) is 19.4 Å². The summed E-state index contributed by atoms with van der Waals surface area (Å²) in [6, 6.07) is 10.9. The fraction of sp³-hybridized carbons (Fsp3) is 0.333. The Bertz CT molecular complexity index is 467. The summed E-state index contributed by atoms with van der Waals surface area (Å²) in [6.45, 7) is 3.23. The van der Waals surface area contributed by atoms with Gasteiger partial charge in [-0.3, -0.25) is 0 Å². The van der Waals surface area contributed by atoms with Crippen molar-refractivity contribution in [2.75, 3.05) is 6.54 Å². The van der Waals surface area contributed by atoms with Gasteiger partial charge >= 0.3 is 0 Å². The van der Waals surface area contributed by atoms with E-state index >= 15 is 0 Å². The molecule has 0 amide bonds. The van der Waals surface area contributed by atoms with Crippen LogP contribution in [0.4, 0.5) is 0 Å². The van der Waals surface area contributed by atoms with Crippen molar-refractivity contribution in [1.29, 1.82) is 0 Å². The maximum absolute atomic E-state index is 5.16. The largest absolute Gasteiger partial charge is 0.472 e. The smallest absolute Gasteiger partial charge is 0.0935 e. The third-order valence-electron chi connectivity index (χ3n) is 2.94. The van der Waals surface area contributed by atoms with Crippen molar-refractivity contribution in [1.82, 2.24) is 5.32 Å². The number of benzene rings is 1. The van der Waals surface area contributed by atoms with Crippen LogP contribution < -0.4 is 5.32 Å². The quantitative estimate of drug-likeness (QED) is 0.787. The molecular weight excluding hydrogens is 337 g/mol. The van der Waals surface area contributed by atoms with E-state index in [1.165, 1.54) is 14.7 Å². The van der Waals surface area contributed by atoms with Gasteiger partial charge in [0.2, 0.25) is 0 Å². The monoisotopic (exact) mass is 355 g/mol. The molecule has 0 aliphatic rings. The minimum absolute atomic E-state index is 0.357. The van der Waals surface area contributed by atoms with Gasteiger partial charge in [-0.15, -0.1) is 0 Å². The van der Waals surface area contributed by atoms with Gasteiger partial charge in [0.25, 0.3) is 0 Å². The van der Waals surface area contributed by atoms with Crippen LogP contribution in [0, 0.1) is 3.57 Å². The third kappa shape index (κ3) is 3.59. The van der Waals surface area contributed by atoms with E-state index in [0.29, 0.717) is 6.04 Å². The molecule has 0 fully saturated rings. The summed E-state index contributed by atoms with van der Waals surface area (Å²) in [7, 11) is 0. The Hall–Kier alpha value is -0.810. The second kappa shape index (κ2) is 6.95. The molecule has 1 unspecified atom stereocenters. The first-order valence-corrected chi connectivity index (χ1v) is 7.38. The van der Waals surface area contributed by atoms with Gasteiger partial charge in [0.05, 0.1) is 12.5 Å². The van der Waals surface area contributed by atoms with Gasteiger partial charge in [-0.2, -0.15) is 0 Å². The molecule has 2 rings (SSSR count). The minimum Gasteiger partial charge on any atom is -0.472 e. The molecule has 0 radical (unpaired) electrons. The van der Waals surface area contributed by atoms with Gasteiger partial charge in [-0.05, 0) is 65.2 Å². The molecule has 1 heterocycles. The lowest BCUT2D eigenvalue weighted by Crippen LogP contribution is -2.24. The molecule has 3 heteroatoms. The summed E-state index contributed by atoms with van der Waals surface area (Å²) < 4.78 is 6.47. The molecule has 0 saturated carbocycles. The molecule has 96 valence electrons. The highest BCUT2D eigenvalue weighted by Crippen LogP contribution is 2.23. The van der Waals surface area contributed by atoms with Gasteiger partial charge in [-0.1, -0.05) is 25.1 Å². The normalized spacial score (nSPS) is 12.6. The third-order valence-corrected chi connectivity index (χ3v) is 3.92. The van der Waals surface area contributed by atoms with Crippen LogP contribution in [0.1, 0.15) is 30.5 Å². The molecule has 2 nitrogen and oxygen atoms in total. The average molecular weight is 355 g/mol. The van der Waals surface area contributed by atoms with E-state index in [-0.39, 0.29) is 0 Å². The first-order valence-electron chi connectivity index (χ1n) is 6.30. The molecule has 0 saturated heterocycles. The number of hydrogen-bond acceptors (Lipinski definition) is 2. The summed E-state index contributed by atoms with van der Waals surface area (Å²) in [6.07, 6.45) is 5.68. The fourth-order valence-electron chi connectivity index (χ4n) is 2.01. The SMILES string of the molecule is CCCNC(Cc1ccoc1)c1ccccc1I. The van der Waals surface area contributed by atoms with Crippen LogP contribution in [0.25, 0.3) is 0 Å². The summed E-state index contributed by atoms with van der Waals surface area (Å²) in [5.41, 5.74) is 2.61. The number of halogens is 1. The Morgan fingerprint density at radius 1 is 1.28 bits per heavy atom. The van der Waals surface area contributed by atoms with Crippen molar-refractivity contribution >= 4 is 22.6 Å². The van der Waals surface area contributed by atoms with E-state index < -0.39 is 0 Å². The summed E-state index contributed by atoms with van der Waals surface area (Å²) >= 11 is 2.41. The highest BCUT2D eigenvalue weighted by Gasteiger charge is 2.14. The molecule has 18 heavy (non-hydrogen) atoms. The van der Waals surface area contributed by atoms with Crippen molar-refractivity contribution in [2.45, 2.75) is 25.8 Å². The predicted molar refractivity (Wildman–Crippen MR) is 82.6 cm³/mol. The predicted octanol–water partition coefficient (Wildman–Crippen LogP) is 4.17. The van der Waals surface area contributed by atoms with Crippen LogP contribution in [-0.2, 0) is 6.42 Å². The van der Waals surface area contributed by atoms with Gasteiger partial charge in [0.15, 0.2) is 0 Å². The Kier molecular flexibility index (Phi) is 5.26. The van der Waals surface area contributed by atoms with Gasteiger partial charge in [0, 0.05) is 9.61 Å². The lowest BCUT2D eigenvalue weighted by molar-refractivity contribution is 0.519. The zero-order valence-electron chi connectivity index (χ0n) is 10.5. The molecular formula is C15H18INO. The van der Waals surface area contributed by atoms with E-state index in [4.69, 9.17) is 4.42 Å². The lowest BCUT2D eigenvalue weighted by Gasteiger charge is -2.19. The second-order valence-electron chi connectivity index (χ2n) is 4.36. The second-order valence-corrected chi connectivity index (χ2v) is 5.53. The standard InChI is InChI=1S/C15H18INO/c1-2-8-17-15(10-12-7-9-18-11-12)13-5-3-4-6-14(13)16/h3-7,9,11,15,17H,2,8,10H2,1H3. The van der Waals surface area contributed by atoms with Crippen LogP contribution >= 0.6 is 22.6 Å². The zero-order valence-corrected chi connectivity index (χ0v) is 12.7.